The van der Waals surface area contributed by atoms with Gasteiger partial charge in [-0.25, -0.2) is 0 Å². The molecule has 1 N–H and O–H groups in total. The molecule has 7 atom stereocenters. The van der Waals surface area contributed by atoms with E-state index in [2.05, 4.69) is 0 Å². The highest BCUT2D eigenvalue weighted by Gasteiger charge is 2.57. The van der Waals surface area contributed by atoms with Gasteiger partial charge in [-0.15, -0.1) is 0 Å². The van der Waals surface area contributed by atoms with Crippen molar-refractivity contribution in [1.82, 2.24) is 0 Å². The van der Waals surface area contributed by atoms with Crippen LogP contribution in [0.5, 0.6) is 0 Å². The van der Waals surface area contributed by atoms with Gasteiger partial charge in [0.1, 0.15) is 24.4 Å². The molecule has 1 aromatic rings. The standard InChI is InChI=1S/C16H20O7/c1-16(18-2)22-13-11(17)12-10(20-15(13)23-16)8-19-14(21-12)9-6-4-3-5-7-9/h3-7,10-15,17H,8H2,1-2H3/t10-,11+,12-,13-,14?,15-,16?/m1/s1. The summed E-state index contributed by atoms with van der Waals surface area (Å²) in [6.07, 6.45) is -3.80. The van der Waals surface area contributed by atoms with Gasteiger partial charge in [0.15, 0.2) is 12.6 Å². The Balaban J connectivity index is 1.51. The summed E-state index contributed by atoms with van der Waals surface area (Å²) >= 11 is 0. The summed E-state index contributed by atoms with van der Waals surface area (Å²) in [4.78, 5) is 0. The Bertz CT molecular complexity index is 553. The van der Waals surface area contributed by atoms with E-state index in [1.807, 2.05) is 30.3 Å². The molecule has 0 saturated carbocycles. The molecule has 1 aromatic carbocycles. The van der Waals surface area contributed by atoms with Crippen LogP contribution in [0, 0.1) is 0 Å². The molecule has 3 fully saturated rings. The summed E-state index contributed by atoms with van der Waals surface area (Å²) in [5, 5.41) is 10.6. The Morgan fingerprint density at radius 1 is 1.13 bits per heavy atom. The lowest BCUT2D eigenvalue weighted by Gasteiger charge is -2.44. The van der Waals surface area contributed by atoms with E-state index in [0.717, 1.165) is 5.56 Å². The summed E-state index contributed by atoms with van der Waals surface area (Å²) in [6, 6.07) is 9.58. The molecule has 0 aromatic heterocycles. The SMILES string of the molecule is COC1(C)O[C@H]2O[C@@H]3COC(c4ccccc4)O[C@H]3[C@H](O)[C@H]2O1. The molecule has 0 spiro atoms. The minimum Gasteiger partial charge on any atom is -0.387 e. The maximum atomic E-state index is 10.6. The van der Waals surface area contributed by atoms with Gasteiger partial charge in [0.2, 0.25) is 0 Å². The number of hydrogen-bond donors (Lipinski definition) is 1. The Hall–Kier alpha value is -1.06. The normalized spacial score (nSPS) is 46.2. The second-order valence-electron chi connectivity index (χ2n) is 5.98. The number of methoxy groups -OCH3 is 1. The van der Waals surface area contributed by atoms with Gasteiger partial charge in [-0.1, -0.05) is 30.3 Å². The Labute approximate surface area is 134 Å². The van der Waals surface area contributed by atoms with Crippen LogP contribution in [0.2, 0.25) is 0 Å². The lowest BCUT2D eigenvalue weighted by molar-refractivity contribution is -0.348. The quantitative estimate of drug-likeness (QED) is 0.867. The Morgan fingerprint density at radius 2 is 1.91 bits per heavy atom. The Kier molecular flexibility index (Phi) is 3.89. The first kappa shape index (κ1) is 15.5. The highest BCUT2D eigenvalue weighted by atomic mass is 16.9. The van der Waals surface area contributed by atoms with Gasteiger partial charge >= 0.3 is 0 Å². The van der Waals surface area contributed by atoms with Crippen molar-refractivity contribution in [1.29, 1.82) is 0 Å². The summed E-state index contributed by atoms with van der Waals surface area (Å²) in [5.41, 5.74) is 0.894. The number of benzene rings is 1. The maximum Gasteiger partial charge on any atom is 0.282 e. The largest absolute Gasteiger partial charge is 0.387 e. The number of aliphatic hydroxyl groups excluding tert-OH is 1. The van der Waals surface area contributed by atoms with Gasteiger partial charge in [0.25, 0.3) is 5.97 Å². The molecule has 3 aliphatic rings. The fourth-order valence-electron chi connectivity index (χ4n) is 3.15. The average molecular weight is 324 g/mol. The van der Waals surface area contributed by atoms with Crippen molar-refractivity contribution in [3.05, 3.63) is 35.9 Å². The van der Waals surface area contributed by atoms with Crippen LogP contribution < -0.4 is 0 Å². The zero-order chi connectivity index (χ0) is 16.0. The van der Waals surface area contributed by atoms with Crippen molar-refractivity contribution >= 4 is 0 Å². The molecular weight excluding hydrogens is 304 g/mol. The van der Waals surface area contributed by atoms with E-state index in [-0.39, 0.29) is 0 Å². The van der Waals surface area contributed by atoms with Gasteiger partial charge in [-0.05, 0) is 0 Å². The van der Waals surface area contributed by atoms with E-state index in [4.69, 9.17) is 28.4 Å². The molecule has 7 heteroatoms. The van der Waals surface area contributed by atoms with Gasteiger partial charge < -0.3 is 28.8 Å². The molecule has 2 unspecified atom stereocenters. The van der Waals surface area contributed by atoms with E-state index in [1.165, 1.54) is 7.11 Å². The first-order valence-electron chi connectivity index (χ1n) is 7.66. The average Bonchev–Trinajstić information content (AvgIpc) is 2.93. The predicted octanol–water partition coefficient (Wildman–Crippen LogP) is 0.922. The number of ether oxygens (including phenoxy) is 6. The van der Waals surface area contributed by atoms with Crippen molar-refractivity contribution in [2.75, 3.05) is 13.7 Å². The van der Waals surface area contributed by atoms with Crippen LogP contribution in [0.1, 0.15) is 18.8 Å². The number of fused-ring (bicyclic) bond motifs is 2. The van der Waals surface area contributed by atoms with E-state index < -0.39 is 43.0 Å². The van der Waals surface area contributed by atoms with Gasteiger partial charge in [-0.2, -0.15) is 0 Å². The molecule has 3 aliphatic heterocycles. The minimum atomic E-state index is -1.23. The molecule has 126 valence electrons. The van der Waals surface area contributed by atoms with E-state index in [1.54, 1.807) is 6.92 Å². The zero-order valence-corrected chi connectivity index (χ0v) is 13.0. The van der Waals surface area contributed by atoms with E-state index >= 15 is 0 Å². The third-order valence-corrected chi connectivity index (χ3v) is 4.43. The lowest BCUT2D eigenvalue weighted by Crippen LogP contribution is -2.60. The molecule has 0 aliphatic carbocycles. The van der Waals surface area contributed by atoms with Crippen LogP contribution in [-0.2, 0) is 28.4 Å². The third-order valence-electron chi connectivity index (χ3n) is 4.43. The summed E-state index contributed by atoms with van der Waals surface area (Å²) in [6.45, 7) is 1.94. The second-order valence-corrected chi connectivity index (χ2v) is 5.98. The molecule has 4 rings (SSSR count). The first-order valence-corrected chi connectivity index (χ1v) is 7.66. The van der Waals surface area contributed by atoms with Crippen LogP contribution in [0.15, 0.2) is 30.3 Å². The maximum absolute atomic E-state index is 10.6. The number of rotatable bonds is 2. The lowest BCUT2D eigenvalue weighted by atomic mass is 9.98. The molecule has 0 bridgehead atoms. The molecule has 3 saturated heterocycles. The van der Waals surface area contributed by atoms with Crippen LogP contribution in [0.25, 0.3) is 0 Å². The fourth-order valence-corrected chi connectivity index (χ4v) is 3.15. The minimum absolute atomic E-state index is 0.303. The zero-order valence-electron chi connectivity index (χ0n) is 13.0. The van der Waals surface area contributed by atoms with Gasteiger partial charge in [0.05, 0.1) is 6.61 Å². The van der Waals surface area contributed by atoms with Gasteiger partial charge in [0, 0.05) is 19.6 Å². The smallest absolute Gasteiger partial charge is 0.282 e. The summed E-state index contributed by atoms with van der Waals surface area (Å²) < 4.78 is 33.9. The fraction of sp³-hybridized carbons (Fsp3) is 0.625. The van der Waals surface area contributed by atoms with E-state index in [0.29, 0.717) is 6.61 Å². The van der Waals surface area contributed by atoms with Crippen molar-refractivity contribution in [2.24, 2.45) is 0 Å². The highest BCUT2D eigenvalue weighted by Crippen LogP contribution is 2.41. The summed E-state index contributed by atoms with van der Waals surface area (Å²) in [5.74, 6) is -1.23. The van der Waals surface area contributed by atoms with Crippen LogP contribution in [-0.4, -0.2) is 55.5 Å². The molecule has 0 amide bonds. The van der Waals surface area contributed by atoms with Crippen LogP contribution >= 0.6 is 0 Å². The topological polar surface area (TPSA) is 75.6 Å². The van der Waals surface area contributed by atoms with Gasteiger partial charge in [-0.3, -0.25) is 4.74 Å². The third kappa shape index (κ3) is 2.68. The highest BCUT2D eigenvalue weighted by molar-refractivity contribution is 5.16. The second kappa shape index (κ2) is 5.78. The van der Waals surface area contributed by atoms with Crippen molar-refractivity contribution in [3.63, 3.8) is 0 Å². The molecule has 3 heterocycles. The van der Waals surface area contributed by atoms with Crippen LogP contribution in [0.4, 0.5) is 0 Å². The van der Waals surface area contributed by atoms with Crippen molar-refractivity contribution in [3.8, 4) is 0 Å². The van der Waals surface area contributed by atoms with E-state index in [9.17, 15) is 5.11 Å². The Morgan fingerprint density at radius 3 is 2.65 bits per heavy atom. The number of hydrogen-bond acceptors (Lipinski definition) is 7. The summed E-state index contributed by atoms with van der Waals surface area (Å²) in [7, 11) is 1.47. The molecule has 23 heavy (non-hydrogen) atoms. The predicted molar refractivity (Wildman–Crippen MR) is 76.0 cm³/mol. The number of aliphatic hydroxyl groups is 1. The van der Waals surface area contributed by atoms with Crippen molar-refractivity contribution in [2.45, 2.75) is 49.9 Å². The van der Waals surface area contributed by atoms with Crippen LogP contribution in [0.3, 0.4) is 0 Å². The first-order chi connectivity index (χ1) is 11.1. The van der Waals surface area contributed by atoms with Crippen molar-refractivity contribution < 1.29 is 33.5 Å². The molecule has 0 radical (unpaired) electrons. The molecular formula is C16H20O7. The molecule has 7 nitrogen and oxygen atoms in total. The monoisotopic (exact) mass is 324 g/mol.